The summed E-state index contributed by atoms with van der Waals surface area (Å²) < 4.78 is 10.2. The lowest BCUT2D eigenvalue weighted by molar-refractivity contribution is 0.0932. The molecule has 0 saturated carbocycles. The first-order valence-electron chi connectivity index (χ1n) is 6.91. The maximum atomic E-state index is 12.2. The molecular formula is C13H21N5O3. The van der Waals surface area contributed by atoms with Crippen LogP contribution in [-0.4, -0.2) is 69.5 Å². The molecule has 116 valence electrons. The molecule has 1 fully saturated rings. The van der Waals surface area contributed by atoms with E-state index < -0.39 is 0 Å². The number of ether oxygens (including phenoxy) is 2. The van der Waals surface area contributed by atoms with Gasteiger partial charge in [0.25, 0.3) is 5.91 Å². The van der Waals surface area contributed by atoms with Crippen molar-refractivity contribution in [3.63, 3.8) is 0 Å². The number of rotatable bonds is 6. The van der Waals surface area contributed by atoms with Crippen LogP contribution in [0.3, 0.4) is 0 Å². The number of hydrogen-bond donors (Lipinski definition) is 2. The van der Waals surface area contributed by atoms with E-state index in [2.05, 4.69) is 20.6 Å². The largest absolute Gasteiger partial charge is 0.385 e. The van der Waals surface area contributed by atoms with Crippen molar-refractivity contribution >= 4 is 17.5 Å². The Morgan fingerprint density at radius 3 is 2.90 bits per heavy atom. The van der Waals surface area contributed by atoms with E-state index in [0.717, 1.165) is 13.1 Å². The molecular weight excluding hydrogens is 274 g/mol. The van der Waals surface area contributed by atoms with Gasteiger partial charge in [-0.2, -0.15) is 0 Å². The van der Waals surface area contributed by atoms with Gasteiger partial charge in [-0.3, -0.25) is 4.79 Å². The van der Waals surface area contributed by atoms with Gasteiger partial charge >= 0.3 is 0 Å². The van der Waals surface area contributed by atoms with Gasteiger partial charge < -0.3 is 25.0 Å². The van der Waals surface area contributed by atoms with Gasteiger partial charge in [0.2, 0.25) is 5.95 Å². The van der Waals surface area contributed by atoms with Crippen LogP contribution in [0.1, 0.15) is 10.5 Å². The maximum absolute atomic E-state index is 12.2. The number of methoxy groups -OCH3 is 1. The minimum atomic E-state index is -0.242. The molecule has 1 aliphatic rings. The number of hydrogen-bond acceptors (Lipinski definition) is 7. The van der Waals surface area contributed by atoms with E-state index >= 15 is 0 Å². The quantitative estimate of drug-likeness (QED) is 0.698. The highest BCUT2D eigenvalue weighted by molar-refractivity contribution is 5.97. The van der Waals surface area contributed by atoms with Crippen molar-refractivity contribution in [3.8, 4) is 0 Å². The molecule has 8 heteroatoms. The van der Waals surface area contributed by atoms with Crippen molar-refractivity contribution in [2.75, 3.05) is 63.8 Å². The summed E-state index contributed by atoms with van der Waals surface area (Å²) in [6.45, 7) is 3.64. The first-order valence-corrected chi connectivity index (χ1v) is 6.91. The second kappa shape index (κ2) is 7.75. The average molecular weight is 295 g/mol. The molecule has 1 aromatic heterocycles. The Balaban J connectivity index is 2.14. The molecule has 1 saturated heterocycles. The molecule has 0 spiro atoms. The van der Waals surface area contributed by atoms with E-state index in [4.69, 9.17) is 9.47 Å². The van der Waals surface area contributed by atoms with E-state index in [1.165, 1.54) is 0 Å². The summed E-state index contributed by atoms with van der Waals surface area (Å²) in [6, 6.07) is 0. The molecule has 8 nitrogen and oxygen atoms in total. The van der Waals surface area contributed by atoms with Gasteiger partial charge in [-0.15, -0.1) is 0 Å². The minimum Gasteiger partial charge on any atom is -0.385 e. The van der Waals surface area contributed by atoms with Crippen molar-refractivity contribution < 1.29 is 14.3 Å². The highest BCUT2D eigenvalue weighted by atomic mass is 16.5. The smallest absolute Gasteiger partial charge is 0.272 e. The van der Waals surface area contributed by atoms with Crippen LogP contribution < -0.4 is 15.5 Å². The summed E-state index contributed by atoms with van der Waals surface area (Å²) in [5.41, 5.74) is 0.937. The number of nitrogens with zero attached hydrogens (tertiary/aromatic N) is 3. The topological polar surface area (TPSA) is 88.6 Å². The summed E-state index contributed by atoms with van der Waals surface area (Å²) in [5.74, 6) is 0.308. The second-order valence-electron chi connectivity index (χ2n) is 4.53. The predicted molar refractivity (Wildman–Crippen MR) is 78.8 cm³/mol. The van der Waals surface area contributed by atoms with E-state index in [0.29, 0.717) is 43.7 Å². The number of morpholine rings is 1. The number of nitrogens with one attached hydrogen (secondary N) is 2. The lowest BCUT2D eigenvalue weighted by Gasteiger charge is -2.27. The third-order valence-corrected chi connectivity index (χ3v) is 3.15. The second-order valence-corrected chi connectivity index (χ2v) is 4.53. The SMILES string of the molecule is CNc1cnc(N2CCOCC2)nc1C(=O)NCCOC. The van der Waals surface area contributed by atoms with Crippen molar-refractivity contribution in [3.05, 3.63) is 11.9 Å². The Kier molecular flexibility index (Phi) is 5.70. The van der Waals surface area contributed by atoms with Crippen LogP contribution in [0.5, 0.6) is 0 Å². The molecule has 0 unspecified atom stereocenters. The van der Waals surface area contributed by atoms with Crippen LogP contribution in [0.4, 0.5) is 11.6 Å². The van der Waals surface area contributed by atoms with Crippen molar-refractivity contribution in [1.82, 2.24) is 15.3 Å². The van der Waals surface area contributed by atoms with Gasteiger partial charge in [0, 0.05) is 33.8 Å². The van der Waals surface area contributed by atoms with Gasteiger partial charge in [-0.25, -0.2) is 9.97 Å². The third-order valence-electron chi connectivity index (χ3n) is 3.15. The lowest BCUT2D eigenvalue weighted by atomic mass is 10.3. The number of amides is 1. The number of carbonyl (C=O) groups excluding carboxylic acids is 1. The van der Waals surface area contributed by atoms with Crippen molar-refractivity contribution in [2.24, 2.45) is 0 Å². The average Bonchev–Trinajstić information content (AvgIpc) is 2.55. The lowest BCUT2D eigenvalue weighted by Crippen LogP contribution is -2.38. The fraction of sp³-hybridized carbons (Fsp3) is 0.615. The number of carbonyl (C=O) groups is 1. The molecule has 2 rings (SSSR count). The fourth-order valence-corrected chi connectivity index (χ4v) is 1.99. The molecule has 0 aliphatic carbocycles. The van der Waals surface area contributed by atoms with Crippen LogP contribution in [-0.2, 0) is 9.47 Å². The predicted octanol–water partition coefficient (Wildman–Crippen LogP) is -0.269. The summed E-state index contributed by atoms with van der Waals surface area (Å²) in [7, 11) is 3.32. The summed E-state index contributed by atoms with van der Waals surface area (Å²) in [5, 5.41) is 5.70. The van der Waals surface area contributed by atoms with Gasteiger partial charge in [-0.05, 0) is 0 Å². The Morgan fingerprint density at radius 1 is 1.48 bits per heavy atom. The molecule has 0 atom stereocenters. The third kappa shape index (κ3) is 4.02. The molecule has 1 aromatic rings. The van der Waals surface area contributed by atoms with Gasteiger partial charge in [0.05, 0.1) is 31.7 Å². The number of anilines is 2. The fourth-order valence-electron chi connectivity index (χ4n) is 1.99. The molecule has 1 aliphatic heterocycles. The van der Waals surface area contributed by atoms with E-state index in [9.17, 15) is 4.79 Å². The van der Waals surface area contributed by atoms with Gasteiger partial charge in [-0.1, -0.05) is 0 Å². The van der Waals surface area contributed by atoms with E-state index in [1.807, 2.05) is 4.90 Å². The maximum Gasteiger partial charge on any atom is 0.272 e. The monoisotopic (exact) mass is 295 g/mol. The van der Waals surface area contributed by atoms with Crippen LogP contribution in [0, 0.1) is 0 Å². The van der Waals surface area contributed by atoms with Gasteiger partial charge in [0.15, 0.2) is 5.69 Å². The zero-order chi connectivity index (χ0) is 15.1. The zero-order valence-electron chi connectivity index (χ0n) is 12.4. The Bertz CT molecular complexity index is 477. The highest BCUT2D eigenvalue weighted by Crippen LogP contribution is 2.16. The van der Waals surface area contributed by atoms with Crippen LogP contribution in [0.15, 0.2) is 6.20 Å². The molecule has 2 heterocycles. The van der Waals surface area contributed by atoms with Gasteiger partial charge in [0.1, 0.15) is 0 Å². The molecule has 0 radical (unpaired) electrons. The minimum absolute atomic E-state index is 0.242. The normalized spacial score (nSPS) is 14.9. The standard InChI is InChI=1S/C13H21N5O3/c1-14-10-9-16-13(18-4-7-21-8-5-18)17-11(10)12(19)15-3-6-20-2/h9,14H,3-8H2,1-2H3,(H,15,19). The Hall–Kier alpha value is -1.93. The molecule has 2 N–H and O–H groups in total. The van der Waals surface area contributed by atoms with Crippen LogP contribution >= 0.6 is 0 Å². The molecule has 0 bridgehead atoms. The summed E-state index contributed by atoms with van der Waals surface area (Å²) in [6.07, 6.45) is 1.63. The number of aromatic nitrogens is 2. The highest BCUT2D eigenvalue weighted by Gasteiger charge is 2.19. The molecule has 21 heavy (non-hydrogen) atoms. The van der Waals surface area contributed by atoms with Crippen LogP contribution in [0.25, 0.3) is 0 Å². The summed E-state index contributed by atoms with van der Waals surface area (Å²) in [4.78, 5) is 22.9. The van der Waals surface area contributed by atoms with Crippen molar-refractivity contribution in [1.29, 1.82) is 0 Å². The Labute approximate surface area is 123 Å². The molecule has 0 aromatic carbocycles. The Morgan fingerprint density at radius 2 is 2.24 bits per heavy atom. The zero-order valence-corrected chi connectivity index (χ0v) is 12.4. The van der Waals surface area contributed by atoms with E-state index in [1.54, 1.807) is 20.4 Å². The van der Waals surface area contributed by atoms with Crippen LogP contribution in [0.2, 0.25) is 0 Å². The first kappa shape index (κ1) is 15.5. The first-order chi connectivity index (χ1) is 10.3. The van der Waals surface area contributed by atoms with Crippen molar-refractivity contribution in [2.45, 2.75) is 0 Å². The summed E-state index contributed by atoms with van der Waals surface area (Å²) >= 11 is 0. The molecule has 1 amide bonds. The van der Waals surface area contributed by atoms with E-state index in [-0.39, 0.29) is 5.91 Å².